The van der Waals surface area contributed by atoms with E-state index in [1.54, 1.807) is 6.92 Å². The van der Waals surface area contributed by atoms with Crippen LogP contribution in [0.3, 0.4) is 0 Å². The van der Waals surface area contributed by atoms with Crippen molar-refractivity contribution in [1.29, 1.82) is 0 Å². The van der Waals surface area contributed by atoms with Crippen LogP contribution in [0, 0.1) is 6.92 Å². The largest absolute Gasteiger partial charge is 0.445 e. The molecule has 1 aromatic heterocycles. The van der Waals surface area contributed by atoms with Crippen molar-refractivity contribution in [2.75, 3.05) is 0 Å². The smallest absolute Gasteiger partial charge is 0.270 e. The first-order valence-electron chi connectivity index (χ1n) is 3.41. The van der Waals surface area contributed by atoms with E-state index in [0.717, 1.165) is 0 Å². The molecule has 0 aliphatic heterocycles. The molecule has 11 heavy (non-hydrogen) atoms. The van der Waals surface area contributed by atoms with Crippen LogP contribution in [-0.2, 0) is 6.42 Å². The summed E-state index contributed by atoms with van der Waals surface area (Å²) in [7, 11) is 0. The van der Waals surface area contributed by atoms with E-state index in [9.17, 15) is 4.79 Å². The number of amides is 1. The summed E-state index contributed by atoms with van der Waals surface area (Å²) >= 11 is 0. The first-order chi connectivity index (χ1) is 5.15. The fourth-order valence-corrected chi connectivity index (χ4v) is 0.831. The van der Waals surface area contributed by atoms with Gasteiger partial charge in [-0.1, -0.05) is 6.92 Å². The third-order valence-corrected chi connectivity index (χ3v) is 1.38. The summed E-state index contributed by atoms with van der Waals surface area (Å²) in [5.41, 5.74) is 5.26. The summed E-state index contributed by atoms with van der Waals surface area (Å²) in [6.07, 6.45) is 0.675. The Morgan fingerprint density at radius 1 is 1.73 bits per heavy atom. The maximum atomic E-state index is 10.7. The molecular formula is C7H10N2O2. The van der Waals surface area contributed by atoms with Gasteiger partial charge in [0.1, 0.15) is 5.76 Å². The standard InChI is InChI=1S/C7H10N2O2/c1-3-5-9-6(7(8)10)4(2)11-5/h3H2,1-2H3,(H2,8,10). The van der Waals surface area contributed by atoms with Gasteiger partial charge in [0.25, 0.3) is 5.91 Å². The lowest BCUT2D eigenvalue weighted by Gasteiger charge is -1.84. The van der Waals surface area contributed by atoms with Crippen molar-refractivity contribution in [2.45, 2.75) is 20.3 Å². The van der Waals surface area contributed by atoms with Gasteiger partial charge in [0.05, 0.1) is 0 Å². The molecule has 1 aromatic rings. The maximum absolute atomic E-state index is 10.7. The molecule has 1 amide bonds. The van der Waals surface area contributed by atoms with Gasteiger partial charge in [-0.15, -0.1) is 0 Å². The molecule has 0 saturated carbocycles. The number of primary amides is 1. The van der Waals surface area contributed by atoms with Gasteiger partial charge in [-0.2, -0.15) is 0 Å². The van der Waals surface area contributed by atoms with Crippen LogP contribution in [0.4, 0.5) is 0 Å². The van der Waals surface area contributed by atoms with Gasteiger partial charge in [-0.25, -0.2) is 4.98 Å². The number of nitrogens with zero attached hydrogens (tertiary/aromatic N) is 1. The zero-order valence-corrected chi connectivity index (χ0v) is 6.55. The number of carbonyl (C=O) groups is 1. The van der Waals surface area contributed by atoms with Crippen LogP contribution in [0.15, 0.2) is 4.42 Å². The highest BCUT2D eigenvalue weighted by Gasteiger charge is 2.12. The van der Waals surface area contributed by atoms with E-state index in [0.29, 0.717) is 18.1 Å². The van der Waals surface area contributed by atoms with Gasteiger partial charge in [-0.05, 0) is 6.92 Å². The fourth-order valence-electron chi connectivity index (χ4n) is 0.831. The van der Waals surface area contributed by atoms with Crippen molar-refractivity contribution in [2.24, 2.45) is 5.73 Å². The second-order valence-corrected chi connectivity index (χ2v) is 2.23. The van der Waals surface area contributed by atoms with Crippen molar-refractivity contribution in [3.63, 3.8) is 0 Å². The minimum Gasteiger partial charge on any atom is -0.445 e. The minimum absolute atomic E-state index is 0.238. The Kier molecular flexibility index (Phi) is 1.94. The molecule has 0 radical (unpaired) electrons. The molecule has 4 heteroatoms. The van der Waals surface area contributed by atoms with Crippen LogP contribution in [-0.4, -0.2) is 10.9 Å². The Morgan fingerprint density at radius 3 is 2.64 bits per heavy atom. The van der Waals surface area contributed by atoms with E-state index in [2.05, 4.69) is 4.98 Å². The second kappa shape index (κ2) is 2.74. The number of rotatable bonds is 2. The molecule has 0 aliphatic carbocycles. The van der Waals surface area contributed by atoms with Crippen molar-refractivity contribution in [1.82, 2.24) is 4.98 Å². The lowest BCUT2D eigenvalue weighted by molar-refractivity contribution is 0.0994. The Balaban J connectivity index is 3.07. The molecule has 4 nitrogen and oxygen atoms in total. The minimum atomic E-state index is -0.536. The molecule has 0 atom stereocenters. The van der Waals surface area contributed by atoms with Gasteiger partial charge < -0.3 is 10.2 Å². The van der Waals surface area contributed by atoms with Crippen molar-refractivity contribution >= 4 is 5.91 Å². The van der Waals surface area contributed by atoms with Gasteiger partial charge in [-0.3, -0.25) is 4.79 Å². The first kappa shape index (κ1) is 7.78. The van der Waals surface area contributed by atoms with E-state index < -0.39 is 5.91 Å². The number of nitrogens with two attached hydrogens (primary N) is 1. The van der Waals surface area contributed by atoms with E-state index in [1.165, 1.54) is 0 Å². The molecule has 2 N–H and O–H groups in total. The Morgan fingerprint density at radius 2 is 2.36 bits per heavy atom. The Bertz CT molecular complexity index is 278. The number of hydrogen-bond donors (Lipinski definition) is 1. The third kappa shape index (κ3) is 1.39. The van der Waals surface area contributed by atoms with Gasteiger partial charge in [0, 0.05) is 6.42 Å². The van der Waals surface area contributed by atoms with E-state index in [4.69, 9.17) is 10.2 Å². The van der Waals surface area contributed by atoms with Crippen LogP contribution >= 0.6 is 0 Å². The molecule has 0 aromatic carbocycles. The molecule has 0 bridgehead atoms. The number of carbonyl (C=O) groups excluding carboxylic acids is 1. The molecule has 0 fully saturated rings. The highest BCUT2D eigenvalue weighted by atomic mass is 16.4. The third-order valence-electron chi connectivity index (χ3n) is 1.38. The zero-order chi connectivity index (χ0) is 8.43. The molecular weight excluding hydrogens is 144 g/mol. The molecule has 0 unspecified atom stereocenters. The highest BCUT2D eigenvalue weighted by molar-refractivity contribution is 5.91. The summed E-state index contributed by atoms with van der Waals surface area (Å²) in [4.78, 5) is 14.5. The van der Waals surface area contributed by atoms with Crippen molar-refractivity contribution in [3.8, 4) is 0 Å². The van der Waals surface area contributed by atoms with Gasteiger partial charge >= 0.3 is 0 Å². The average molecular weight is 154 g/mol. The molecule has 60 valence electrons. The topological polar surface area (TPSA) is 69.1 Å². The SMILES string of the molecule is CCc1nc(C(N)=O)c(C)o1. The van der Waals surface area contributed by atoms with Crippen molar-refractivity contribution in [3.05, 3.63) is 17.3 Å². The number of hydrogen-bond acceptors (Lipinski definition) is 3. The van der Waals surface area contributed by atoms with Crippen molar-refractivity contribution < 1.29 is 9.21 Å². The lowest BCUT2D eigenvalue weighted by Crippen LogP contribution is -2.12. The van der Waals surface area contributed by atoms with Crippen LogP contribution < -0.4 is 5.73 Å². The number of oxazole rings is 1. The van der Waals surface area contributed by atoms with E-state index in [1.807, 2.05) is 6.92 Å². The predicted octanol–water partition coefficient (Wildman–Crippen LogP) is 0.644. The fraction of sp³-hybridized carbons (Fsp3) is 0.429. The monoisotopic (exact) mass is 154 g/mol. The molecule has 1 heterocycles. The Hall–Kier alpha value is -1.32. The van der Waals surface area contributed by atoms with Crippen LogP contribution in [0.1, 0.15) is 29.1 Å². The van der Waals surface area contributed by atoms with Gasteiger partial charge in [0.2, 0.25) is 0 Å². The molecule has 0 aliphatic rings. The predicted molar refractivity (Wildman–Crippen MR) is 39.1 cm³/mol. The number of aromatic nitrogens is 1. The van der Waals surface area contributed by atoms with Gasteiger partial charge in [0.15, 0.2) is 11.6 Å². The Labute approximate surface area is 64.4 Å². The number of aryl methyl sites for hydroxylation is 2. The first-order valence-corrected chi connectivity index (χ1v) is 3.41. The van der Waals surface area contributed by atoms with Crippen LogP contribution in [0.2, 0.25) is 0 Å². The summed E-state index contributed by atoms with van der Waals surface area (Å²) < 4.78 is 5.11. The maximum Gasteiger partial charge on any atom is 0.270 e. The summed E-state index contributed by atoms with van der Waals surface area (Å²) in [6, 6.07) is 0. The molecule has 1 rings (SSSR count). The lowest BCUT2D eigenvalue weighted by atomic mass is 10.3. The summed E-state index contributed by atoms with van der Waals surface area (Å²) in [6.45, 7) is 3.57. The highest BCUT2D eigenvalue weighted by Crippen LogP contribution is 2.08. The van der Waals surface area contributed by atoms with E-state index >= 15 is 0 Å². The van der Waals surface area contributed by atoms with E-state index in [-0.39, 0.29) is 5.69 Å². The normalized spacial score (nSPS) is 10.0. The average Bonchev–Trinajstić information content (AvgIpc) is 2.30. The molecule has 0 spiro atoms. The summed E-state index contributed by atoms with van der Waals surface area (Å²) in [5.74, 6) is 0.511. The quantitative estimate of drug-likeness (QED) is 0.679. The van der Waals surface area contributed by atoms with Crippen LogP contribution in [0.5, 0.6) is 0 Å². The van der Waals surface area contributed by atoms with Crippen LogP contribution in [0.25, 0.3) is 0 Å². The second-order valence-electron chi connectivity index (χ2n) is 2.23. The summed E-state index contributed by atoms with van der Waals surface area (Å²) in [5, 5.41) is 0. The molecule has 0 saturated heterocycles. The zero-order valence-electron chi connectivity index (χ0n) is 6.55.